The second-order valence-corrected chi connectivity index (χ2v) is 21.1. The molecule has 2 aliphatic heterocycles. The largest absolute Gasteiger partial charge is 0.383 e. The number of hydrogen-bond acceptors (Lipinski definition) is 9. The zero-order valence-electron chi connectivity index (χ0n) is 40.8. The number of nitrogens with zero attached hydrogens (tertiary/aromatic N) is 3. The summed E-state index contributed by atoms with van der Waals surface area (Å²) < 4.78 is 4.94. The molecule has 6 aliphatic rings. The van der Waals surface area contributed by atoms with Gasteiger partial charge in [0.15, 0.2) is 5.96 Å². The summed E-state index contributed by atoms with van der Waals surface area (Å²) in [5.41, 5.74) is 13.6. The number of guanidine groups is 1. The van der Waals surface area contributed by atoms with E-state index in [1.54, 1.807) is 16.9 Å². The van der Waals surface area contributed by atoms with Crippen LogP contribution in [0.2, 0.25) is 0 Å². The maximum atomic E-state index is 14.0. The lowest BCUT2D eigenvalue weighted by atomic mass is 9.74. The normalized spacial score (nSPS) is 28.2. The quantitative estimate of drug-likeness (QED) is 0.0709. The van der Waals surface area contributed by atoms with Crippen LogP contribution in [0.25, 0.3) is 0 Å². The summed E-state index contributed by atoms with van der Waals surface area (Å²) in [6, 6.07) is 8.38. The molecule has 13 heteroatoms. The monoisotopic (exact) mass is 904 g/mol. The zero-order valence-corrected chi connectivity index (χ0v) is 40.8. The first-order chi connectivity index (χ1) is 31.5. The molecular weight excluding hydrogens is 815 g/mol. The minimum atomic E-state index is -0.691. The average molecular weight is 904 g/mol. The molecule has 1 aromatic carbocycles. The summed E-state index contributed by atoms with van der Waals surface area (Å²) >= 11 is 0. The van der Waals surface area contributed by atoms with Gasteiger partial charge in [0.25, 0.3) is 5.91 Å². The smallest absolute Gasteiger partial charge is 0.315 e. The Morgan fingerprint density at radius 1 is 0.769 bits per heavy atom. The molecule has 0 spiro atoms. The highest BCUT2D eigenvalue weighted by molar-refractivity contribution is 6.06. The Hall–Kier alpha value is -3.26. The molecule has 1 aromatic rings. The van der Waals surface area contributed by atoms with Crippen LogP contribution in [0.3, 0.4) is 0 Å². The van der Waals surface area contributed by atoms with Crippen molar-refractivity contribution in [3.63, 3.8) is 0 Å². The predicted octanol–water partition coefficient (Wildman–Crippen LogP) is 8.20. The van der Waals surface area contributed by atoms with Crippen molar-refractivity contribution in [2.45, 2.75) is 210 Å². The molecule has 7 rings (SSSR count). The second-order valence-electron chi connectivity index (χ2n) is 21.1. The Morgan fingerprint density at radius 3 is 1.97 bits per heavy atom. The first-order valence-electron chi connectivity index (χ1n) is 26.3. The van der Waals surface area contributed by atoms with Crippen LogP contribution >= 0.6 is 0 Å². The van der Waals surface area contributed by atoms with Gasteiger partial charge in [-0.2, -0.15) is 0 Å². The van der Waals surface area contributed by atoms with E-state index in [-0.39, 0.29) is 24.1 Å². The number of benzene rings is 1. The van der Waals surface area contributed by atoms with E-state index in [0.29, 0.717) is 56.0 Å². The van der Waals surface area contributed by atoms with Gasteiger partial charge in [0.2, 0.25) is 5.91 Å². The molecule has 13 nitrogen and oxygen atoms in total. The van der Waals surface area contributed by atoms with Crippen molar-refractivity contribution in [2.75, 3.05) is 33.9 Å². The number of hydrogen-bond donors (Lipinski definition) is 6. The number of ether oxygens (including phenoxy) is 1. The number of likely N-dealkylation sites (N-methyl/N-ethyl adjacent to an activating group) is 1. The van der Waals surface area contributed by atoms with Crippen molar-refractivity contribution in [3.05, 3.63) is 35.4 Å². The fourth-order valence-electron chi connectivity index (χ4n) is 12.2. The fourth-order valence-corrected chi connectivity index (χ4v) is 12.2. The number of aliphatic imine (C=N–C) groups is 1. The third kappa shape index (κ3) is 14.9. The van der Waals surface area contributed by atoms with E-state index < -0.39 is 11.1 Å². The van der Waals surface area contributed by atoms with Crippen molar-refractivity contribution in [1.82, 2.24) is 31.1 Å². The molecule has 5 atom stereocenters. The molecule has 4 aliphatic carbocycles. The Kier molecular flexibility index (Phi) is 20.3. The number of rotatable bonds is 20. The van der Waals surface area contributed by atoms with Crippen LogP contribution in [0.4, 0.5) is 4.79 Å². The van der Waals surface area contributed by atoms with Crippen LogP contribution in [0.5, 0.6) is 0 Å². The molecule has 1 saturated heterocycles. The molecule has 8 N–H and O–H groups in total. The fraction of sp³-hybridized carbons (Fsp3) is 0.808. The van der Waals surface area contributed by atoms with Gasteiger partial charge >= 0.3 is 6.03 Å². The Bertz CT molecular complexity index is 1640. The van der Waals surface area contributed by atoms with E-state index in [0.717, 1.165) is 55.7 Å². The standard InChI is InChI=1S/C30H47N5O3.C22H42N4O/c1-38-19-18-32-29(37)33-21-25-12-14-26(15-13-25)22-35-27(36)30(34-28(35)31,20-24-10-6-3-7-11-24)17-16-23-8-4-2-5-9-23;1-3-14-24-19-11-7-10-18(15-19)16-22(20(27)26(2)21(23)25-22)13-12-17-8-5-4-6-9-17/h12-15,23-24H,2-11,16-22H2,1H3,(H2,31,34)(H2,32,33,37);17-19,21,24-25H,3-16,23H2,1-2H3/t30-;18-,19+,21?,22+/m10/s1. The molecule has 1 unspecified atom stereocenters. The summed E-state index contributed by atoms with van der Waals surface area (Å²) in [5.74, 6) is 3.40. The van der Waals surface area contributed by atoms with Crippen molar-refractivity contribution in [2.24, 2.45) is 40.1 Å². The van der Waals surface area contributed by atoms with Gasteiger partial charge in [-0.05, 0) is 99.1 Å². The minimum absolute atomic E-state index is 0.0925. The number of nitrogens with two attached hydrogens (primary N) is 2. The lowest BCUT2D eigenvalue weighted by Crippen LogP contribution is -2.51. The van der Waals surface area contributed by atoms with Gasteiger partial charge < -0.3 is 31.3 Å². The molecule has 0 aromatic heterocycles. The highest BCUT2D eigenvalue weighted by Crippen LogP contribution is 2.42. The molecule has 0 radical (unpaired) electrons. The number of urea groups is 1. The number of amides is 4. The van der Waals surface area contributed by atoms with Gasteiger partial charge in [0.1, 0.15) is 17.4 Å². The summed E-state index contributed by atoms with van der Waals surface area (Å²) in [4.78, 5) is 47.5. The lowest BCUT2D eigenvalue weighted by molar-refractivity contribution is -0.133. The molecule has 0 bridgehead atoms. The SMILES string of the molecule is CCCN[C@@H]1CCC[C@H](C[C@@]2(CCC3CCCCC3)NC(N)N(C)C2=O)C1.COCCNC(=O)NCc1ccc(CN2C(=O)[C@@](CCC3CCCCC3)(CC3CCCCC3)N=C2N)cc1. The van der Waals surface area contributed by atoms with Crippen molar-refractivity contribution >= 4 is 23.8 Å². The summed E-state index contributed by atoms with van der Waals surface area (Å²) in [5, 5.41) is 12.8. The summed E-state index contributed by atoms with van der Waals surface area (Å²) in [7, 11) is 3.46. The van der Waals surface area contributed by atoms with Crippen LogP contribution in [0, 0.1) is 23.7 Å². The van der Waals surface area contributed by atoms with E-state index in [9.17, 15) is 14.4 Å². The molecule has 2 heterocycles. The predicted molar refractivity (Wildman–Crippen MR) is 262 cm³/mol. The molecular formula is C52H89N9O4. The van der Waals surface area contributed by atoms with Gasteiger partial charge in [-0.1, -0.05) is 140 Å². The maximum Gasteiger partial charge on any atom is 0.315 e. The molecule has 4 saturated carbocycles. The third-order valence-corrected chi connectivity index (χ3v) is 16.1. The first kappa shape index (κ1) is 51.1. The van der Waals surface area contributed by atoms with E-state index in [4.69, 9.17) is 21.2 Å². The number of carbonyl (C=O) groups excluding carboxylic acids is 3. The molecule has 65 heavy (non-hydrogen) atoms. The molecule has 4 amide bonds. The maximum absolute atomic E-state index is 14.0. The van der Waals surface area contributed by atoms with Crippen molar-refractivity contribution < 1.29 is 19.1 Å². The Labute approximate surface area is 392 Å². The number of methoxy groups -OCH3 is 1. The highest BCUT2D eigenvalue weighted by atomic mass is 16.5. The second kappa shape index (κ2) is 25.8. The van der Waals surface area contributed by atoms with Crippen LogP contribution in [0.1, 0.15) is 185 Å². The van der Waals surface area contributed by atoms with E-state index in [1.165, 1.54) is 135 Å². The van der Waals surface area contributed by atoms with Crippen LogP contribution in [-0.4, -0.2) is 90.9 Å². The molecule has 5 fully saturated rings. The van der Waals surface area contributed by atoms with Gasteiger partial charge in [-0.15, -0.1) is 0 Å². The van der Waals surface area contributed by atoms with Crippen molar-refractivity contribution in [1.29, 1.82) is 0 Å². The van der Waals surface area contributed by atoms with E-state index >= 15 is 0 Å². The summed E-state index contributed by atoms with van der Waals surface area (Å²) in [6.45, 7) is 5.14. The minimum Gasteiger partial charge on any atom is -0.383 e. The Morgan fingerprint density at radius 2 is 1.37 bits per heavy atom. The highest BCUT2D eigenvalue weighted by Gasteiger charge is 2.51. The average Bonchev–Trinajstić information content (AvgIpc) is 3.68. The van der Waals surface area contributed by atoms with Crippen LogP contribution < -0.4 is 32.7 Å². The lowest BCUT2D eigenvalue weighted by Gasteiger charge is -2.37. The zero-order chi connectivity index (χ0) is 46.1. The topological polar surface area (TPSA) is 179 Å². The van der Waals surface area contributed by atoms with Gasteiger partial charge in [0, 0.05) is 33.3 Å². The van der Waals surface area contributed by atoms with Crippen molar-refractivity contribution in [3.8, 4) is 0 Å². The first-order valence-corrected chi connectivity index (χ1v) is 26.3. The van der Waals surface area contributed by atoms with Crippen LogP contribution in [0.15, 0.2) is 29.3 Å². The number of nitrogens with one attached hydrogen (secondary N) is 4. The van der Waals surface area contributed by atoms with E-state index in [1.807, 2.05) is 31.3 Å². The van der Waals surface area contributed by atoms with E-state index in [2.05, 4.69) is 28.2 Å². The van der Waals surface area contributed by atoms with Gasteiger partial charge in [-0.3, -0.25) is 25.5 Å². The van der Waals surface area contributed by atoms with Gasteiger partial charge in [-0.25, -0.2) is 9.79 Å². The molecule has 366 valence electrons. The van der Waals surface area contributed by atoms with Gasteiger partial charge in [0.05, 0.1) is 13.2 Å². The van der Waals surface area contributed by atoms with Crippen LogP contribution in [-0.2, 0) is 27.4 Å². The third-order valence-electron chi connectivity index (χ3n) is 16.1. The summed E-state index contributed by atoms with van der Waals surface area (Å²) in [6.07, 6.45) is 31.3. The Balaban J connectivity index is 0.000000228. The number of carbonyl (C=O) groups is 3.